The molecule has 6 nitrogen and oxygen atoms in total. The number of carboxylic acids is 1. The highest BCUT2D eigenvalue weighted by Gasteiger charge is 2.11. The van der Waals surface area contributed by atoms with Crippen LogP contribution in [0.1, 0.15) is 33.2 Å². The Labute approximate surface area is 132 Å². The van der Waals surface area contributed by atoms with Crippen LogP contribution in [0.4, 0.5) is 5.69 Å². The molecule has 118 valence electrons. The minimum atomic E-state index is -1.06. The standard InChI is InChI=1S/C17H15NO5/c1-10-3-4-13(17(21)22)9-15(10)18-16(20)12-5-7-14(8-6-12)23-11(2)19/h3-9H,1-2H3,(H,18,20)(H,21,22). The van der Waals surface area contributed by atoms with Crippen molar-refractivity contribution in [3.63, 3.8) is 0 Å². The van der Waals surface area contributed by atoms with Crippen LogP contribution in [0, 0.1) is 6.92 Å². The monoisotopic (exact) mass is 313 g/mol. The lowest BCUT2D eigenvalue weighted by molar-refractivity contribution is -0.131. The Morgan fingerprint density at radius 3 is 2.17 bits per heavy atom. The van der Waals surface area contributed by atoms with Crippen molar-refractivity contribution in [1.82, 2.24) is 0 Å². The molecule has 0 heterocycles. The molecule has 6 heteroatoms. The van der Waals surface area contributed by atoms with E-state index in [0.29, 0.717) is 17.0 Å². The molecule has 0 aliphatic carbocycles. The van der Waals surface area contributed by atoms with Gasteiger partial charge >= 0.3 is 11.9 Å². The van der Waals surface area contributed by atoms with Crippen LogP contribution in [-0.2, 0) is 4.79 Å². The van der Waals surface area contributed by atoms with E-state index in [2.05, 4.69) is 5.32 Å². The molecule has 2 aromatic rings. The van der Waals surface area contributed by atoms with Gasteiger partial charge < -0.3 is 15.2 Å². The zero-order valence-corrected chi connectivity index (χ0v) is 12.6. The summed E-state index contributed by atoms with van der Waals surface area (Å²) in [7, 11) is 0. The summed E-state index contributed by atoms with van der Waals surface area (Å²) in [4.78, 5) is 34.1. The van der Waals surface area contributed by atoms with E-state index in [0.717, 1.165) is 5.56 Å². The molecule has 0 aromatic heterocycles. The fourth-order valence-corrected chi connectivity index (χ4v) is 1.92. The van der Waals surface area contributed by atoms with Crippen molar-refractivity contribution in [3.05, 3.63) is 59.2 Å². The topological polar surface area (TPSA) is 92.7 Å². The predicted octanol–water partition coefficient (Wildman–Crippen LogP) is 2.87. The van der Waals surface area contributed by atoms with E-state index in [1.807, 2.05) is 0 Å². The third kappa shape index (κ3) is 4.16. The van der Waals surface area contributed by atoms with E-state index in [9.17, 15) is 14.4 Å². The summed E-state index contributed by atoms with van der Waals surface area (Å²) in [5.74, 6) is -1.54. The first kappa shape index (κ1) is 16.2. The summed E-state index contributed by atoms with van der Waals surface area (Å²) in [6.45, 7) is 3.06. The molecule has 0 saturated heterocycles. The highest BCUT2D eigenvalue weighted by Crippen LogP contribution is 2.19. The number of ether oxygens (including phenoxy) is 1. The first-order valence-corrected chi connectivity index (χ1v) is 6.80. The number of benzene rings is 2. The second kappa shape index (κ2) is 6.74. The minimum absolute atomic E-state index is 0.0936. The first-order valence-electron chi connectivity index (χ1n) is 6.80. The molecule has 0 aliphatic heterocycles. The highest BCUT2D eigenvalue weighted by atomic mass is 16.5. The number of hydrogen-bond donors (Lipinski definition) is 2. The SMILES string of the molecule is CC(=O)Oc1ccc(C(=O)Nc2cc(C(=O)O)ccc2C)cc1. The predicted molar refractivity (Wildman–Crippen MR) is 83.8 cm³/mol. The van der Waals surface area contributed by atoms with Gasteiger partial charge in [-0.15, -0.1) is 0 Å². The van der Waals surface area contributed by atoms with Crippen molar-refractivity contribution in [1.29, 1.82) is 0 Å². The van der Waals surface area contributed by atoms with Crippen LogP contribution in [0.3, 0.4) is 0 Å². The van der Waals surface area contributed by atoms with Gasteiger partial charge in [0.1, 0.15) is 5.75 Å². The van der Waals surface area contributed by atoms with Gasteiger partial charge in [-0.25, -0.2) is 4.79 Å². The maximum Gasteiger partial charge on any atom is 0.335 e. The Morgan fingerprint density at radius 1 is 1.00 bits per heavy atom. The summed E-state index contributed by atoms with van der Waals surface area (Å²) < 4.78 is 4.89. The normalized spacial score (nSPS) is 10.0. The summed E-state index contributed by atoms with van der Waals surface area (Å²) >= 11 is 0. The third-order valence-electron chi connectivity index (χ3n) is 3.11. The maximum absolute atomic E-state index is 12.2. The summed E-state index contributed by atoms with van der Waals surface area (Å²) in [6, 6.07) is 10.6. The number of amides is 1. The van der Waals surface area contributed by atoms with E-state index in [-0.39, 0.29) is 11.5 Å². The molecule has 0 fully saturated rings. The number of nitrogens with one attached hydrogen (secondary N) is 1. The number of carbonyl (C=O) groups is 3. The first-order chi connectivity index (χ1) is 10.9. The molecule has 0 radical (unpaired) electrons. The van der Waals surface area contributed by atoms with Crippen molar-refractivity contribution in [2.45, 2.75) is 13.8 Å². The van der Waals surface area contributed by atoms with Gasteiger partial charge in [-0.3, -0.25) is 9.59 Å². The fraction of sp³-hybridized carbons (Fsp3) is 0.118. The molecule has 0 saturated carbocycles. The quantitative estimate of drug-likeness (QED) is 0.669. The Bertz CT molecular complexity index is 765. The van der Waals surface area contributed by atoms with Gasteiger partial charge in [0.25, 0.3) is 5.91 Å². The molecule has 2 N–H and O–H groups in total. The lowest BCUT2D eigenvalue weighted by atomic mass is 10.1. The molecule has 2 aromatic carbocycles. The van der Waals surface area contributed by atoms with Gasteiger partial charge in [-0.1, -0.05) is 6.07 Å². The molecule has 0 unspecified atom stereocenters. The van der Waals surface area contributed by atoms with E-state index in [1.54, 1.807) is 13.0 Å². The van der Waals surface area contributed by atoms with Gasteiger partial charge in [0.2, 0.25) is 0 Å². The Kier molecular flexibility index (Phi) is 4.75. The molecule has 23 heavy (non-hydrogen) atoms. The van der Waals surface area contributed by atoms with Crippen LogP contribution in [0.15, 0.2) is 42.5 Å². The number of anilines is 1. The Morgan fingerprint density at radius 2 is 1.61 bits per heavy atom. The zero-order chi connectivity index (χ0) is 17.0. The van der Waals surface area contributed by atoms with Crippen molar-refractivity contribution < 1.29 is 24.2 Å². The number of rotatable bonds is 4. The molecule has 0 spiro atoms. The molecule has 1 amide bonds. The van der Waals surface area contributed by atoms with Gasteiger partial charge in [0.05, 0.1) is 5.56 Å². The van der Waals surface area contributed by atoms with E-state index >= 15 is 0 Å². The second-order valence-electron chi connectivity index (χ2n) is 4.91. The van der Waals surface area contributed by atoms with Crippen LogP contribution in [0.2, 0.25) is 0 Å². The summed E-state index contributed by atoms with van der Waals surface area (Å²) in [5.41, 5.74) is 1.64. The van der Waals surface area contributed by atoms with E-state index in [4.69, 9.17) is 9.84 Å². The molecular weight excluding hydrogens is 298 g/mol. The number of aromatic carboxylic acids is 1. The number of esters is 1. The summed E-state index contributed by atoms with van der Waals surface area (Å²) in [5, 5.41) is 11.7. The largest absolute Gasteiger partial charge is 0.478 e. The molecule has 0 atom stereocenters. The average molecular weight is 313 g/mol. The molecular formula is C17H15NO5. The number of carbonyl (C=O) groups excluding carboxylic acids is 2. The minimum Gasteiger partial charge on any atom is -0.478 e. The van der Waals surface area contributed by atoms with Gasteiger partial charge in [-0.2, -0.15) is 0 Å². The molecule has 0 aliphatic rings. The third-order valence-corrected chi connectivity index (χ3v) is 3.11. The summed E-state index contributed by atoms with van der Waals surface area (Å²) in [6.07, 6.45) is 0. The highest BCUT2D eigenvalue weighted by molar-refractivity contribution is 6.05. The van der Waals surface area contributed by atoms with Crippen molar-refractivity contribution >= 4 is 23.5 Å². The van der Waals surface area contributed by atoms with Crippen molar-refractivity contribution in [2.75, 3.05) is 5.32 Å². The lowest BCUT2D eigenvalue weighted by Crippen LogP contribution is -2.13. The Balaban J connectivity index is 2.17. The van der Waals surface area contributed by atoms with E-state index < -0.39 is 11.9 Å². The molecule has 0 bridgehead atoms. The van der Waals surface area contributed by atoms with Crippen molar-refractivity contribution in [3.8, 4) is 5.75 Å². The van der Waals surface area contributed by atoms with Crippen molar-refractivity contribution in [2.24, 2.45) is 0 Å². The number of aryl methyl sites for hydroxylation is 1. The molecule has 2 rings (SSSR count). The maximum atomic E-state index is 12.2. The number of hydrogen-bond acceptors (Lipinski definition) is 4. The van der Waals surface area contributed by atoms with Gasteiger partial charge in [0.15, 0.2) is 0 Å². The van der Waals surface area contributed by atoms with Crippen LogP contribution in [0.5, 0.6) is 5.75 Å². The van der Waals surface area contributed by atoms with E-state index in [1.165, 1.54) is 43.3 Å². The van der Waals surface area contributed by atoms with Crippen LogP contribution < -0.4 is 10.1 Å². The van der Waals surface area contributed by atoms with Crippen LogP contribution in [0.25, 0.3) is 0 Å². The van der Waals surface area contributed by atoms with Crippen LogP contribution in [-0.4, -0.2) is 23.0 Å². The Hall–Kier alpha value is -3.15. The second-order valence-corrected chi connectivity index (χ2v) is 4.91. The average Bonchev–Trinajstić information content (AvgIpc) is 2.49. The van der Waals surface area contributed by atoms with Crippen LogP contribution >= 0.6 is 0 Å². The number of carboxylic acid groups (broad SMARTS) is 1. The smallest absolute Gasteiger partial charge is 0.335 e. The lowest BCUT2D eigenvalue weighted by Gasteiger charge is -2.10. The zero-order valence-electron chi connectivity index (χ0n) is 12.6. The van der Waals surface area contributed by atoms with Gasteiger partial charge in [0, 0.05) is 18.2 Å². The fourth-order valence-electron chi connectivity index (χ4n) is 1.92. The van der Waals surface area contributed by atoms with Gasteiger partial charge in [-0.05, 0) is 48.9 Å².